The van der Waals surface area contributed by atoms with Crippen molar-refractivity contribution < 1.29 is 23.8 Å². The summed E-state index contributed by atoms with van der Waals surface area (Å²) >= 11 is 38.1. The van der Waals surface area contributed by atoms with E-state index in [1.807, 2.05) is 0 Å². The van der Waals surface area contributed by atoms with Crippen molar-refractivity contribution in [2.45, 2.75) is 19.7 Å². The monoisotopic (exact) mass is 444 g/mol. The second-order valence-electron chi connectivity index (χ2n) is 4.96. The van der Waals surface area contributed by atoms with E-state index in [1.54, 1.807) is 0 Å². The van der Waals surface area contributed by atoms with Crippen LogP contribution < -0.4 is 0 Å². The number of carbonyl (C=O) groups is 2. The first-order valence-corrected chi connectivity index (χ1v) is 8.26. The van der Waals surface area contributed by atoms with Crippen LogP contribution in [0.3, 0.4) is 0 Å². The van der Waals surface area contributed by atoms with Crippen molar-refractivity contribution in [3.8, 4) is 0 Å². The molecule has 5 nitrogen and oxygen atoms in total. The Labute approximate surface area is 162 Å². The third-order valence-electron chi connectivity index (χ3n) is 4.27. The number of alkyl halides is 4. The lowest BCUT2D eigenvalue weighted by molar-refractivity contribution is -0.183. The standard InChI is InChI=1S/C12H10Cl6O5/c1-21-7(19)4-9(15)5(13)6(14)11(16,12(9,17)18)10(4,23-3)8(20)22-2/h4H,1-3H3/t4-,9+,10+,11+/m0/s1. The third-order valence-corrected chi connectivity index (χ3v) is 8.51. The number of hydrogen-bond donors (Lipinski definition) is 0. The van der Waals surface area contributed by atoms with E-state index in [2.05, 4.69) is 0 Å². The van der Waals surface area contributed by atoms with Crippen molar-refractivity contribution in [1.29, 1.82) is 0 Å². The van der Waals surface area contributed by atoms with E-state index in [-0.39, 0.29) is 10.1 Å². The van der Waals surface area contributed by atoms with Crippen molar-refractivity contribution in [3.05, 3.63) is 10.1 Å². The van der Waals surface area contributed by atoms with Crippen LogP contribution in [0.1, 0.15) is 0 Å². The highest BCUT2D eigenvalue weighted by atomic mass is 35.5. The van der Waals surface area contributed by atoms with Crippen LogP contribution in [0.5, 0.6) is 0 Å². The zero-order valence-electron chi connectivity index (χ0n) is 11.9. The van der Waals surface area contributed by atoms with Crippen LogP contribution in [0, 0.1) is 5.92 Å². The van der Waals surface area contributed by atoms with Crippen molar-refractivity contribution >= 4 is 81.5 Å². The second-order valence-corrected chi connectivity index (χ2v) is 8.21. The summed E-state index contributed by atoms with van der Waals surface area (Å²) in [5.41, 5.74) is -2.25. The van der Waals surface area contributed by atoms with E-state index in [9.17, 15) is 9.59 Å². The Balaban J connectivity index is 2.97. The van der Waals surface area contributed by atoms with E-state index in [0.717, 1.165) is 21.3 Å². The molecule has 2 aliphatic rings. The zero-order valence-corrected chi connectivity index (χ0v) is 16.4. The molecule has 130 valence electrons. The molecule has 0 radical (unpaired) electrons. The lowest BCUT2D eigenvalue weighted by atomic mass is 9.77. The molecule has 1 fully saturated rings. The average molecular weight is 447 g/mol. The van der Waals surface area contributed by atoms with Gasteiger partial charge >= 0.3 is 11.9 Å². The molecule has 0 spiro atoms. The van der Waals surface area contributed by atoms with E-state index in [1.165, 1.54) is 0 Å². The molecular weight excluding hydrogens is 437 g/mol. The molecule has 0 heterocycles. The van der Waals surface area contributed by atoms with Gasteiger partial charge in [-0.3, -0.25) is 4.79 Å². The quantitative estimate of drug-likeness (QED) is 0.492. The van der Waals surface area contributed by atoms with Gasteiger partial charge in [-0.15, -0.1) is 23.2 Å². The fourth-order valence-electron chi connectivity index (χ4n) is 3.22. The summed E-state index contributed by atoms with van der Waals surface area (Å²) in [6.45, 7) is 0. The summed E-state index contributed by atoms with van der Waals surface area (Å²) in [6.07, 6.45) is 0. The van der Waals surface area contributed by atoms with Gasteiger partial charge < -0.3 is 14.2 Å². The Morgan fingerprint density at radius 1 is 0.957 bits per heavy atom. The summed E-state index contributed by atoms with van der Waals surface area (Å²) in [6, 6.07) is 0. The lowest BCUT2D eigenvalue weighted by Gasteiger charge is -2.43. The van der Waals surface area contributed by atoms with Crippen molar-refractivity contribution in [2.24, 2.45) is 5.92 Å². The Kier molecular flexibility index (Phi) is 4.88. The van der Waals surface area contributed by atoms with Gasteiger partial charge in [-0.1, -0.05) is 46.4 Å². The van der Waals surface area contributed by atoms with Gasteiger partial charge in [0, 0.05) is 7.11 Å². The number of ether oxygens (including phenoxy) is 3. The molecule has 0 aromatic carbocycles. The predicted octanol–water partition coefficient (Wildman–Crippen LogP) is 3.18. The number of halogens is 6. The molecule has 2 rings (SSSR count). The van der Waals surface area contributed by atoms with Gasteiger partial charge in [-0.25, -0.2) is 4.79 Å². The smallest absolute Gasteiger partial charge is 0.341 e. The van der Waals surface area contributed by atoms with Crippen molar-refractivity contribution in [3.63, 3.8) is 0 Å². The number of fused-ring (bicyclic) bond motifs is 2. The summed E-state index contributed by atoms with van der Waals surface area (Å²) < 4.78 is 12.6. The first kappa shape index (κ1) is 19.7. The van der Waals surface area contributed by atoms with Gasteiger partial charge in [0.25, 0.3) is 0 Å². The van der Waals surface area contributed by atoms with Gasteiger partial charge in [0.05, 0.1) is 24.3 Å². The highest BCUT2D eigenvalue weighted by Crippen LogP contribution is 2.78. The summed E-state index contributed by atoms with van der Waals surface area (Å²) in [4.78, 5) is 20.7. The van der Waals surface area contributed by atoms with Crippen LogP contribution in [0.2, 0.25) is 0 Å². The van der Waals surface area contributed by atoms with Gasteiger partial charge in [0.15, 0.2) is 9.21 Å². The minimum Gasteiger partial charge on any atom is -0.469 e. The Morgan fingerprint density at radius 3 is 1.87 bits per heavy atom. The second kappa shape index (κ2) is 5.70. The number of allylic oxidation sites excluding steroid dienone is 1. The number of hydrogen-bond acceptors (Lipinski definition) is 5. The van der Waals surface area contributed by atoms with Gasteiger partial charge in [-0.05, 0) is 0 Å². The number of esters is 2. The van der Waals surface area contributed by atoms with Crippen molar-refractivity contribution in [1.82, 2.24) is 0 Å². The normalized spacial score (nSPS) is 41.2. The highest BCUT2D eigenvalue weighted by Gasteiger charge is 2.92. The summed E-state index contributed by atoms with van der Waals surface area (Å²) in [5.74, 6) is -3.63. The maximum absolute atomic E-state index is 12.5. The van der Waals surface area contributed by atoms with Crippen LogP contribution in [0.4, 0.5) is 0 Å². The highest BCUT2D eigenvalue weighted by molar-refractivity contribution is 6.67. The zero-order chi connectivity index (χ0) is 18.0. The van der Waals surface area contributed by atoms with Gasteiger partial charge in [0.1, 0.15) is 10.8 Å². The molecule has 0 aliphatic heterocycles. The van der Waals surface area contributed by atoms with Gasteiger partial charge in [0.2, 0.25) is 5.60 Å². The molecule has 0 unspecified atom stereocenters. The molecule has 1 saturated carbocycles. The molecule has 0 amide bonds. The van der Waals surface area contributed by atoms with Gasteiger partial charge in [-0.2, -0.15) is 0 Å². The Hall–Kier alpha value is 0.380. The minimum absolute atomic E-state index is 0.271. The van der Waals surface area contributed by atoms with E-state index >= 15 is 0 Å². The van der Waals surface area contributed by atoms with Crippen LogP contribution >= 0.6 is 69.6 Å². The average Bonchev–Trinajstić information content (AvgIpc) is 2.71. The first-order chi connectivity index (χ1) is 10.5. The van der Waals surface area contributed by atoms with E-state index in [0.29, 0.717) is 0 Å². The molecular formula is C12H10Cl6O5. The largest absolute Gasteiger partial charge is 0.469 e. The molecule has 23 heavy (non-hydrogen) atoms. The number of rotatable bonds is 3. The molecule has 0 N–H and O–H groups in total. The fraction of sp³-hybridized carbons (Fsp3) is 0.667. The molecule has 0 aromatic rings. The molecule has 11 heteroatoms. The Bertz CT molecular complexity index is 621. The van der Waals surface area contributed by atoms with Crippen molar-refractivity contribution in [2.75, 3.05) is 21.3 Å². The Morgan fingerprint density at radius 2 is 1.48 bits per heavy atom. The van der Waals surface area contributed by atoms with Crippen LogP contribution in [0.25, 0.3) is 0 Å². The van der Waals surface area contributed by atoms with Crippen LogP contribution in [0.15, 0.2) is 10.1 Å². The number of carbonyl (C=O) groups excluding carboxylic acids is 2. The predicted molar refractivity (Wildman–Crippen MR) is 87.6 cm³/mol. The minimum atomic E-state index is -2.25. The SMILES string of the molecule is COC(=O)[C@H]1[C@@]2(Cl)C(Cl)=C(Cl)[C@](Cl)(C2(Cl)Cl)[C@]1(OC)C(=O)OC. The number of methoxy groups -OCH3 is 3. The maximum atomic E-state index is 12.5. The fourth-order valence-corrected chi connectivity index (χ4v) is 6.24. The molecule has 0 saturated heterocycles. The maximum Gasteiger partial charge on any atom is 0.341 e. The molecule has 0 aromatic heterocycles. The molecule has 2 bridgehead atoms. The van der Waals surface area contributed by atoms with E-state index in [4.69, 9.17) is 83.8 Å². The third kappa shape index (κ3) is 1.77. The lowest BCUT2D eigenvalue weighted by Crippen LogP contribution is -2.64. The van der Waals surface area contributed by atoms with E-state index < -0.39 is 37.5 Å². The molecule has 4 atom stereocenters. The van der Waals surface area contributed by atoms with Crippen LogP contribution in [-0.4, -0.2) is 53.0 Å². The first-order valence-electron chi connectivity index (χ1n) is 6.00. The summed E-state index contributed by atoms with van der Waals surface area (Å²) in [7, 11) is 3.25. The molecule has 2 aliphatic carbocycles. The summed E-state index contributed by atoms with van der Waals surface area (Å²) in [5, 5.41) is -0.582. The van der Waals surface area contributed by atoms with Crippen LogP contribution in [-0.2, 0) is 23.8 Å². The topological polar surface area (TPSA) is 61.8 Å².